The highest BCUT2D eigenvalue weighted by molar-refractivity contribution is 7.15. The lowest BCUT2D eigenvalue weighted by molar-refractivity contribution is -0.380. The molecule has 1 amide bonds. The fourth-order valence-electron chi connectivity index (χ4n) is 1.07. The maximum Gasteiger partial charge on any atom is 0.422 e. The van der Waals surface area contributed by atoms with Gasteiger partial charge in [0.2, 0.25) is 0 Å². The van der Waals surface area contributed by atoms with Gasteiger partial charge in [0.15, 0.2) is 0 Å². The zero-order chi connectivity index (χ0) is 13.8. The van der Waals surface area contributed by atoms with Gasteiger partial charge in [-0.25, -0.2) is 10.2 Å². The van der Waals surface area contributed by atoms with Gasteiger partial charge in [-0.3, -0.25) is 15.5 Å². The minimum atomic E-state index is -0.589. The van der Waals surface area contributed by atoms with Crippen molar-refractivity contribution in [2.75, 3.05) is 0 Å². The Bertz CT molecular complexity index is 439. The standard InChI is InChI=1S/C10H15N3O4S/c1-10(2,3)17-9(14)12-11-6-7-4-5-8(18-7)13(15)16/h4-5,11H,6H2,1-3H3,(H,12,14). The monoisotopic (exact) mass is 273 g/mol. The molecule has 0 aromatic carbocycles. The van der Waals surface area contributed by atoms with E-state index in [1.807, 2.05) is 0 Å². The second-order valence-corrected chi connectivity index (χ2v) is 5.62. The smallest absolute Gasteiger partial charge is 0.422 e. The molecule has 0 radical (unpaired) electrons. The zero-order valence-electron chi connectivity index (χ0n) is 10.4. The molecule has 0 aliphatic carbocycles. The SMILES string of the molecule is CC(C)(C)OC(=O)NNCc1ccc([N+](=O)[O-])s1. The topological polar surface area (TPSA) is 93.5 Å². The first-order valence-corrected chi connectivity index (χ1v) is 6.04. The van der Waals surface area contributed by atoms with Gasteiger partial charge in [-0.1, -0.05) is 11.3 Å². The Morgan fingerprint density at radius 2 is 2.17 bits per heavy atom. The Balaban J connectivity index is 2.33. The van der Waals surface area contributed by atoms with E-state index < -0.39 is 16.6 Å². The van der Waals surface area contributed by atoms with Gasteiger partial charge in [0, 0.05) is 17.5 Å². The van der Waals surface area contributed by atoms with E-state index in [0.717, 1.165) is 16.2 Å². The molecule has 0 aliphatic heterocycles. The molecule has 0 saturated carbocycles. The number of rotatable bonds is 4. The lowest BCUT2D eigenvalue weighted by atomic mass is 10.2. The first-order valence-electron chi connectivity index (χ1n) is 5.23. The summed E-state index contributed by atoms with van der Waals surface area (Å²) in [5.41, 5.74) is 4.43. The van der Waals surface area contributed by atoms with Crippen LogP contribution in [0.5, 0.6) is 0 Å². The summed E-state index contributed by atoms with van der Waals surface area (Å²) in [6.07, 6.45) is -0.589. The number of hydrazine groups is 1. The molecule has 0 saturated heterocycles. The van der Waals surface area contributed by atoms with Gasteiger partial charge in [-0.15, -0.1) is 0 Å². The number of carbonyl (C=O) groups excluding carboxylic acids is 1. The highest BCUT2D eigenvalue weighted by atomic mass is 32.1. The molecular formula is C10H15N3O4S. The largest absolute Gasteiger partial charge is 0.443 e. The Morgan fingerprint density at radius 3 is 2.67 bits per heavy atom. The van der Waals surface area contributed by atoms with Crippen LogP contribution in [0.1, 0.15) is 25.6 Å². The summed E-state index contributed by atoms with van der Waals surface area (Å²) in [6.45, 7) is 5.58. The summed E-state index contributed by atoms with van der Waals surface area (Å²) in [7, 11) is 0. The van der Waals surface area contributed by atoms with Crippen LogP contribution in [0.4, 0.5) is 9.80 Å². The van der Waals surface area contributed by atoms with Gasteiger partial charge in [0.1, 0.15) is 5.60 Å². The summed E-state index contributed by atoms with van der Waals surface area (Å²) in [4.78, 5) is 22.0. The van der Waals surface area contributed by atoms with E-state index in [-0.39, 0.29) is 5.00 Å². The molecule has 1 rings (SSSR count). The van der Waals surface area contributed by atoms with Crippen LogP contribution in [0.2, 0.25) is 0 Å². The number of hydrogen-bond donors (Lipinski definition) is 2. The molecule has 1 aromatic heterocycles. The van der Waals surface area contributed by atoms with Gasteiger partial charge in [-0.05, 0) is 26.8 Å². The van der Waals surface area contributed by atoms with Crippen molar-refractivity contribution in [3.8, 4) is 0 Å². The molecule has 0 aliphatic rings. The highest BCUT2D eigenvalue weighted by Gasteiger charge is 2.15. The third kappa shape index (κ3) is 5.11. The van der Waals surface area contributed by atoms with Crippen molar-refractivity contribution in [3.05, 3.63) is 27.1 Å². The van der Waals surface area contributed by atoms with Crippen molar-refractivity contribution in [1.29, 1.82) is 0 Å². The average Bonchev–Trinajstić information content (AvgIpc) is 2.63. The molecule has 2 N–H and O–H groups in total. The first kappa shape index (κ1) is 14.4. The third-order valence-electron chi connectivity index (χ3n) is 1.68. The predicted octanol–water partition coefficient (Wildman–Crippen LogP) is 2.19. The van der Waals surface area contributed by atoms with Crippen LogP contribution in [-0.2, 0) is 11.3 Å². The van der Waals surface area contributed by atoms with Crippen molar-refractivity contribution >= 4 is 22.4 Å². The summed E-state index contributed by atoms with van der Waals surface area (Å²) in [5.74, 6) is 0. The zero-order valence-corrected chi connectivity index (χ0v) is 11.2. The van der Waals surface area contributed by atoms with E-state index in [0.29, 0.717) is 6.54 Å². The van der Waals surface area contributed by atoms with Gasteiger partial charge in [0.25, 0.3) is 0 Å². The number of nitrogens with zero attached hydrogens (tertiary/aromatic N) is 1. The molecule has 0 fully saturated rings. The van der Waals surface area contributed by atoms with Gasteiger partial charge in [-0.2, -0.15) is 0 Å². The van der Waals surface area contributed by atoms with Gasteiger partial charge < -0.3 is 4.74 Å². The minimum absolute atomic E-state index is 0.0732. The number of carbonyl (C=O) groups is 1. The average molecular weight is 273 g/mol. The predicted molar refractivity (Wildman–Crippen MR) is 67.2 cm³/mol. The van der Waals surface area contributed by atoms with E-state index in [4.69, 9.17) is 4.74 Å². The Kier molecular flexibility index (Phi) is 4.62. The van der Waals surface area contributed by atoms with E-state index in [2.05, 4.69) is 10.9 Å². The quantitative estimate of drug-likeness (QED) is 0.647. The first-order chi connectivity index (χ1) is 8.28. The summed E-state index contributed by atoms with van der Waals surface area (Å²) in [5, 5.41) is 10.5. The van der Waals surface area contributed by atoms with Crippen molar-refractivity contribution in [3.63, 3.8) is 0 Å². The van der Waals surface area contributed by atoms with E-state index >= 15 is 0 Å². The summed E-state index contributed by atoms with van der Waals surface area (Å²) < 4.78 is 5.00. The van der Waals surface area contributed by atoms with Crippen LogP contribution in [0.25, 0.3) is 0 Å². The molecule has 8 heteroatoms. The summed E-state index contributed by atoms with van der Waals surface area (Å²) >= 11 is 1.05. The van der Waals surface area contributed by atoms with Crippen molar-refractivity contribution in [2.45, 2.75) is 32.9 Å². The Labute approximate surface area is 108 Å². The molecule has 0 spiro atoms. The molecule has 0 bridgehead atoms. The fraction of sp³-hybridized carbons (Fsp3) is 0.500. The second-order valence-electron chi connectivity index (χ2n) is 4.48. The molecule has 7 nitrogen and oxygen atoms in total. The van der Waals surface area contributed by atoms with Crippen LogP contribution >= 0.6 is 11.3 Å². The lowest BCUT2D eigenvalue weighted by Crippen LogP contribution is -2.40. The number of ether oxygens (including phenoxy) is 1. The molecule has 0 atom stereocenters. The lowest BCUT2D eigenvalue weighted by Gasteiger charge is -2.19. The maximum atomic E-state index is 11.3. The highest BCUT2D eigenvalue weighted by Crippen LogP contribution is 2.23. The molecule has 1 aromatic rings. The van der Waals surface area contributed by atoms with E-state index in [9.17, 15) is 14.9 Å². The normalized spacial score (nSPS) is 11.1. The number of hydrogen-bond acceptors (Lipinski definition) is 6. The van der Waals surface area contributed by atoms with Crippen molar-refractivity contribution < 1.29 is 14.5 Å². The number of nitrogens with one attached hydrogen (secondary N) is 2. The van der Waals surface area contributed by atoms with Crippen LogP contribution in [-0.4, -0.2) is 16.6 Å². The molecule has 100 valence electrons. The number of amides is 1. The Morgan fingerprint density at radius 1 is 1.50 bits per heavy atom. The van der Waals surface area contributed by atoms with Gasteiger partial charge >= 0.3 is 11.1 Å². The van der Waals surface area contributed by atoms with Crippen LogP contribution in [0.15, 0.2) is 12.1 Å². The summed E-state index contributed by atoms with van der Waals surface area (Å²) in [6, 6.07) is 3.06. The van der Waals surface area contributed by atoms with Crippen molar-refractivity contribution in [1.82, 2.24) is 10.9 Å². The van der Waals surface area contributed by atoms with Crippen molar-refractivity contribution in [2.24, 2.45) is 0 Å². The van der Waals surface area contributed by atoms with Crippen LogP contribution < -0.4 is 10.9 Å². The maximum absolute atomic E-state index is 11.3. The number of nitro groups is 1. The Hall–Kier alpha value is -1.67. The molecule has 1 heterocycles. The van der Waals surface area contributed by atoms with E-state index in [1.54, 1.807) is 26.8 Å². The molecule has 0 unspecified atom stereocenters. The van der Waals surface area contributed by atoms with Crippen LogP contribution in [0.3, 0.4) is 0 Å². The number of thiophene rings is 1. The van der Waals surface area contributed by atoms with E-state index in [1.165, 1.54) is 6.07 Å². The second kappa shape index (κ2) is 5.78. The fourth-order valence-corrected chi connectivity index (χ4v) is 1.83. The molecular weight excluding hydrogens is 258 g/mol. The molecule has 18 heavy (non-hydrogen) atoms. The third-order valence-corrected chi connectivity index (χ3v) is 2.72. The van der Waals surface area contributed by atoms with Crippen LogP contribution in [0, 0.1) is 10.1 Å². The minimum Gasteiger partial charge on any atom is -0.443 e. The van der Waals surface area contributed by atoms with Gasteiger partial charge in [0.05, 0.1) is 4.92 Å².